The first-order valence-electron chi connectivity index (χ1n) is 4.88. The van der Waals surface area contributed by atoms with Crippen molar-refractivity contribution in [1.82, 2.24) is 4.98 Å². The van der Waals surface area contributed by atoms with Crippen molar-refractivity contribution in [2.75, 3.05) is 5.32 Å². The van der Waals surface area contributed by atoms with E-state index in [0.29, 0.717) is 10.3 Å². The number of rotatable bonds is 2. The largest absolute Gasteiger partial charge is 0.507 e. The van der Waals surface area contributed by atoms with Gasteiger partial charge in [0.2, 0.25) is 0 Å². The molecule has 0 fully saturated rings. The van der Waals surface area contributed by atoms with Crippen molar-refractivity contribution >= 4 is 27.5 Å². The van der Waals surface area contributed by atoms with Gasteiger partial charge < -0.3 is 10.4 Å². The molecule has 0 bridgehead atoms. The fourth-order valence-electron chi connectivity index (χ4n) is 1.33. The average Bonchev–Trinajstić information content (AvgIpc) is 2.32. The highest BCUT2D eigenvalue weighted by molar-refractivity contribution is 9.10. The summed E-state index contributed by atoms with van der Waals surface area (Å²) in [5.41, 5.74) is 0.781. The molecule has 0 radical (unpaired) electrons. The SMILES string of the molecule is O=C(Nc1cccnc1Br)c1ccccc1O. The summed E-state index contributed by atoms with van der Waals surface area (Å²) in [6.45, 7) is 0. The molecule has 86 valence electrons. The van der Waals surface area contributed by atoms with E-state index in [-0.39, 0.29) is 17.2 Å². The molecule has 1 heterocycles. The zero-order chi connectivity index (χ0) is 12.3. The molecule has 0 saturated heterocycles. The molecule has 0 unspecified atom stereocenters. The third kappa shape index (κ3) is 2.62. The fraction of sp³-hybridized carbons (Fsp3) is 0. The van der Waals surface area contributed by atoms with Crippen LogP contribution >= 0.6 is 15.9 Å². The Morgan fingerprint density at radius 1 is 1.24 bits per heavy atom. The molecule has 5 heteroatoms. The van der Waals surface area contributed by atoms with E-state index in [2.05, 4.69) is 26.2 Å². The number of amides is 1. The highest BCUT2D eigenvalue weighted by Crippen LogP contribution is 2.21. The first kappa shape index (κ1) is 11.6. The van der Waals surface area contributed by atoms with Crippen LogP contribution in [0, 0.1) is 0 Å². The van der Waals surface area contributed by atoms with Gasteiger partial charge in [-0.25, -0.2) is 4.98 Å². The van der Waals surface area contributed by atoms with Crippen molar-refractivity contribution in [3.8, 4) is 5.75 Å². The second-order valence-corrected chi connectivity index (χ2v) is 4.06. The van der Waals surface area contributed by atoms with E-state index in [4.69, 9.17) is 0 Å². The molecule has 0 aliphatic carbocycles. The van der Waals surface area contributed by atoms with Crippen molar-refractivity contribution in [2.24, 2.45) is 0 Å². The van der Waals surface area contributed by atoms with Gasteiger partial charge in [-0.2, -0.15) is 0 Å². The van der Waals surface area contributed by atoms with Crippen LogP contribution in [-0.2, 0) is 0 Å². The lowest BCUT2D eigenvalue weighted by Gasteiger charge is -2.07. The van der Waals surface area contributed by atoms with Crippen LogP contribution in [0.1, 0.15) is 10.4 Å². The number of aromatic hydroxyl groups is 1. The van der Waals surface area contributed by atoms with Gasteiger partial charge in [-0.15, -0.1) is 0 Å². The fourth-order valence-corrected chi connectivity index (χ4v) is 1.68. The average molecular weight is 293 g/mol. The zero-order valence-electron chi connectivity index (χ0n) is 8.72. The summed E-state index contributed by atoms with van der Waals surface area (Å²) in [6.07, 6.45) is 1.61. The Bertz CT molecular complexity index is 558. The van der Waals surface area contributed by atoms with Crippen molar-refractivity contribution < 1.29 is 9.90 Å². The molecule has 0 saturated carbocycles. The summed E-state index contributed by atoms with van der Waals surface area (Å²) in [6, 6.07) is 9.79. The predicted molar refractivity (Wildman–Crippen MR) is 68.0 cm³/mol. The van der Waals surface area contributed by atoms with E-state index < -0.39 is 0 Å². The predicted octanol–water partition coefficient (Wildman–Crippen LogP) is 2.80. The smallest absolute Gasteiger partial charge is 0.259 e. The Morgan fingerprint density at radius 3 is 2.71 bits per heavy atom. The van der Waals surface area contributed by atoms with Crippen LogP contribution in [0.2, 0.25) is 0 Å². The van der Waals surface area contributed by atoms with Crippen LogP contribution in [-0.4, -0.2) is 16.0 Å². The molecule has 1 aromatic carbocycles. The third-order valence-corrected chi connectivity index (χ3v) is 2.79. The summed E-state index contributed by atoms with van der Waals surface area (Å²) in [5, 5.41) is 12.2. The lowest BCUT2D eigenvalue weighted by Crippen LogP contribution is -2.12. The van der Waals surface area contributed by atoms with Gasteiger partial charge in [-0.1, -0.05) is 12.1 Å². The summed E-state index contributed by atoms with van der Waals surface area (Å²) in [5.74, 6) is -0.429. The number of hydrogen-bond acceptors (Lipinski definition) is 3. The van der Waals surface area contributed by atoms with Crippen molar-refractivity contribution in [2.45, 2.75) is 0 Å². The van der Waals surface area contributed by atoms with E-state index >= 15 is 0 Å². The molecule has 17 heavy (non-hydrogen) atoms. The summed E-state index contributed by atoms with van der Waals surface area (Å²) >= 11 is 3.23. The molecule has 4 nitrogen and oxygen atoms in total. The Kier molecular flexibility index (Phi) is 3.39. The number of nitrogens with zero attached hydrogens (tertiary/aromatic N) is 1. The number of phenolic OH excluding ortho intramolecular Hbond substituents is 1. The maximum Gasteiger partial charge on any atom is 0.259 e. The van der Waals surface area contributed by atoms with Crippen LogP contribution < -0.4 is 5.32 Å². The van der Waals surface area contributed by atoms with Crippen LogP contribution in [0.5, 0.6) is 5.75 Å². The molecule has 0 spiro atoms. The Balaban J connectivity index is 2.24. The minimum atomic E-state index is -0.378. The van der Waals surface area contributed by atoms with E-state index in [0.717, 1.165) is 0 Å². The van der Waals surface area contributed by atoms with Crippen LogP contribution in [0.15, 0.2) is 47.2 Å². The Morgan fingerprint density at radius 2 is 2.00 bits per heavy atom. The lowest BCUT2D eigenvalue weighted by atomic mass is 10.2. The van der Waals surface area contributed by atoms with Gasteiger partial charge in [0.15, 0.2) is 0 Å². The number of phenols is 1. The van der Waals surface area contributed by atoms with Crippen molar-refractivity contribution in [3.63, 3.8) is 0 Å². The minimum Gasteiger partial charge on any atom is -0.507 e. The molecule has 0 atom stereocenters. The minimum absolute atomic E-state index is 0.0509. The Hall–Kier alpha value is -1.88. The lowest BCUT2D eigenvalue weighted by molar-refractivity contribution is 0.102. The quantitative estimate of drug-likeness (QED) is 0.837. The van der Waals surface area contributed by atoms with Gasteiger partial charge >= 0.3 is 0 Å². The number of para-hydroxylation sites is 1. The van der Waals surface area contributed by atoms with Crippen LogP contribution in [0.25, 0.3) is 0 Å². The number of benzene rings is 1. The first-order chi connectivity index (χ1) is 8.18. The van der Waals surface area contributed by atoms with Gasteiger partial charge in [0, 0.05) is 6.20 Å². The Labute approximate surface area is 106 Å². The van der Waals surface area contributed by atoms with E-state index in [1.807, 2.05) is 0 Å². The summed E-state index contributed by atoms with van der Waals surface area (Å²) in [4.78, 5) is 15.9. The molecule has 2 rings (SSSR count). The van der Waals surface area contributed by atoms with Crippen molar-refractivity contribution in [1.29, 1.82) is 0 Å². The van der Waals surface area contributed by atoms with E-state index in [1.54, 1.807) is 36.5 Å². The second-order valence-electron chi connectivity index (χ2n) is 3.31. The van der Waals surface area contributed by atoms with E-state index in [9.17, 15) is 9.90 Å². The van der Waals surface area contributed by atoms with Crippen LogP contribution in [0.3, 0.4) is 0 Å². The third-order valence-electron chi connectivity index (χ3n) is 2.16. The number of anilines is 1. The first-order valence-corrected chi connectivity index (χ1v) is 5.67. The molecular formula is C12H9BrN2O2. The number of halogens is 1. The summed E-state index contributed by atoms with van der Waals surface area (Å²) in [7, 11) is 0. The van der Waals surface area contributed by atoms with Gasteiger partial charge in [-0.3, -0.25) is 4.79 Å². The van der Waals surface area contributed by atoms with Gasteiger partial charge in [0.1, 0.15) is 10.4 Å². The maximum absolute atomic E-state index is 11.9. The van der Waals surface area contributed by atoms with Crippen LogP contribution in [0.4, 0.5) is 5.69 Å². The number of hydrogen-bond donors (Lipinski definition) is 2. The highest BCUT2D eigenvalue weighted by atomic mass is 79.9. The molecule has 2 aromatic rings. The number of carbonyl (C=O) groups is 1. The topological polar surface area (TPSA) is 62.2 Å². The molecule has 1 amide bonds. The normalized spacial score (nSPS) is 9.94. The zero-order valence-corrected chi connectivity index (χ0v) is 10.3. The molecule has 1 aromatic heterocycles. The number of nitrogens with one attached hydrogen (secondary N) is 1. The van der Waals surface area contributed by atoms with Gasteiger partial charge in [0.25, 0.3) is 5.91 Å². The highest BCUT2D eigenvalue weighted by Gasteiger charge is 2.11. The number of carbonyl (C=O) groups excluding carboxylic acids is 1. The van der Waals surface area contributed by atoms with E-state index in [1.165, 1.54) is 6.07 Å². The van der Waals surface area contributed by atoms with Gasteiger partial charge in [-0.05, 0) is 40.2 Å². The maximum atomic E-state index is 11.9. The molecule has 0 aliphatic heterocycles. The number of aromatic nitrogens is 1. The molecule has 2 N–H and O–H groups in total. The van der Waals surface area contributed by atoms with Gasteiger partial charge in [0.05, 0.1) is 11.3 Å². The molecule has 0 aliphatic rings. The number of pyridine rings is 1. The standard InChI is InChI=1S/C12H9BrN2O2/c13-11-9(5-3-7-14-11)15-12(17)8-4-1-2-6-10(8)16/h1-7,16H,(H,15,17). The molecular weight excluding hydrogens is 284 g/mol. The second kappa shape index (κ2) is 4.97. The monoisotopic (exact) mass is 292 g/mol. The van der Waals surface area contributed by atoms with Crippen molar-refractivity contribution in [3.05, 3.63) is 52.8 Å². The summed E-state index contributed by atoms with van der Waals surface area (Å²) < 4.78 is 0.545.